The van der Waals surface area contributed by atoms with Gasteiger partial charge in [0, 0.05) is 32.7 Å². The molecular formula is C22H28Cl2N2O5-2. The van der Waals surface area contributed by atoms with Gasteiger partial charge in [0.15, 0.2) is 11.5 Å². The van der Waals surface area contributed by atoms with Crippen LogP contribution in [-0.4, -0.2) is 69.3 Å². The Bertz CT molecular complexity index is 818. The van der Waals surface area contributed by atoms with Gasteiger partial charge < -0.3 is 53.8 Å². The van der Waals surface area contributed by atoms with Gasteiger partial charge in [0.1, 0.15) is 5.75 Å². The first-order valence-electron chi connectivity index (χ1n) is 9.97. The predicted octanol–water partition coefficient (Wildman–Crippen LogP) is -3.87. The normalized spacial score (nSPS) is 16.3. The van der Waals surface area contributed by atoms with Gasteiger partial charge in [-0.25, -0.2) is 0 Å². The average molecular weight is 471 g/mol. The van der Waals surface area contributed by atoms with Gasteiger partial charge in [0.05, 0.1) is 32.1 Å². The maximum Gasteiger partial charge on any atom is 0.231 e. The number of hydrogen-bond donors (Lipinski definition) is 1. The third-order valence-corrected chi connectivity index (χ3v) is 5.28. The van der Waals surface area contributed by atoms with Crippen LogP contribution in [0.4, 0.5) is 5.69 Å². The minimum absolute atomic E-state index is 0. The third kappa shape index (κ3) is 6.54. The van der Waals surface area contributed by atoms with E-state index in [1.54, 1.807) is 7.11 Å². The number of hydrogen-bond acceptors (Lipinski definition) is 7. The molecule has 1 saturated heterocycles. The SMILES string of the molecule is COc1ccccc1N1CCN(CC(O)COCc2ccc3c(c2)OCO3)CC1.[Cl-].[Cl-]. The molecule has 9 heteroatoms. The number of fused-ring (bicyclic) bond motifs is 1. The second-order valence-corrected chi connectivity index (χ2v) is 7.32. The molecule has 0 radical (unpaired) electrons. The van der Waals surface area contributed by atoms with Crippen molar-refractivity contribution in [1.82, 2.24) is 4.90 Å². The molecule has 0 aromatic heterocycles. The van der Waals surface area contributed by atoms with Crippen LogP contribution in [0.1, 0.15) is 5.56 Å². The Morgan fingerprint density at radius 2 is 1.74 bits per heavy atom. The van der Waals surface area contributed by atoms with E-state index in [0.29, 0.717) is 19.8 Å². The van der Waals surface area contributed by atoms with Gasteiger partial charge in [-0.1, -0.05) is 18.2 Å². The molecule has 4 rings (SSSR count). The second-order valence-electron chi connectivity index (χ2n) is 7.32. The fourth-order valence-corrected chi connectivity index (χ4v) is 3.76. The standard InChI is InChI=1S/C22H28N2O5.2ClH/c1-26-20-5-3-2-4-19(20)24-10-8-23(9-11-24)13-18(25)15-27-14-17-6-7-21-22(12-17)29-16-28-21;;/h2-7,12,18,25H,8-11,13-16H2,1H3;2*1H/p-2. The number of β-amino-alcohol motifs (C(OH)–C–C–N with tert-alkyl or cyclic N) is 1. The monoisotopic (exact) mass is 470 g/mol. The van der Waals surface area contributed by atoms with Gasteiger partial charge in [0.2, 0.25) is 6.79 Å². The van der Waals surface area contributed by atoms with Gasteiger partial charge in [-0.05, 0) is 29.8 Å². The second kappa shape index (κ2) is 12.2. The van der Waals surface area contributed by atoms with Crippen LogP contribution in [-0.2, 0) is 11.3 Å². The smallest absolute Gasteiger partial charge is 0.231 e. The van der Waals surface area contributed by atoms with E-state index >= 15 is 0 Å². The van der Waals surface area contributed by atoms with E-state index in [4.69, 9.17) is 18.9 Å². The van der Waals surface area contributed by atoms with E-state index in [2.05, 4.69) is 15.9 Å². The van der Waals surface area contributed by atoms with E-state index in [9.17, 15) is 5.11 Å². The lowest BCUT2D eigenvalue weighted by Crippen LogP contribution is -3.00. The van der Waals surface area contributed by atoms with E-state index in [1.165, 1.54) is 0 Å². The third-order valence-electron chi connectivity index (χ3n) is 5.28. The van der Waals surface area contributed by atoms with Crippen molar-refractivity contribution in [2.24, 2.45) is 0 Å². The number of para-hydroxylation sites is 2. The van der Waals surface area contributed by atoms with Crippen LogP contribution in [0.3, 0.4) is 0 Å². The van der Waals surface area contributed by atoms with Gasteiger partial charge in [-0.15, -0.1) is 0 Å². The quantitative estimate of drug-likeness (QED) is 0.423. The Balaban J connectivity index is 0.00000171. The molecule has 1 N–H and O–H groups in total. The van der Waals surface area contributed by atoms with Crippen molar-refractivity contribution in [1.29, 1.82) is 0 Å². The highest BCUT2D eigenvalue weighted by Crippen LogP contribution is 2.32. The average Bonchev–Trinajstić information content (AvgIpc) is 3.22. The number of ether oxygens (including phenoxy) is 4. The lowest BCUT2D eigenvalue weighted by atomic mass is 10.2. The molecule has 1 atom stereocenters. The molecule has 31 heavy (non-hydrogen) atoms. The molecule has 7 nitrogen and oxygen atoms in total. The molecule has 0 bridgehead atoms. The zero-order valence-corrected chi connectivity index (χ0v) is 19.0. The Morgan fingerprint density at radius 1 is 1.00 bits per heavy atom. The lowest BCUT2D eigenvalue weighted by molar-refractivity contribution is -0.001000. The highest BCUT2D eigenvalue weighted by molar-refractivity contribution is 5.58. The van der Waals surface area contributed by atoms with Crippen LogP contribution in [0, 0.1) is 0 Å². The van der Waals surface area contributed by atoms with Crippen LogP contribution in [0.5, 0.6) is 17.2 Å². The molecule has 0 aliphatic carbocycles. The first kappa shape index (κ1) is 25.4. The number of anilines is 1. The molecule has 172 valence electrons. The van der Waals surface area contributed by atoms with Crippen LogP contribution in [0.2, 0.25) is 0 Å². The van der Waals surface area contributed by atoms with Crippen LogP contribution >= 0.6 is 0 Å². The molecule has 2 aromatic carbocycles. The van der Waals surface area contributed by atoms with Crippen molar-refractivity contribution in [2.75, 3.05) is 58.1 Å². The summed E-state index contributed by atoms with van der Waals surface area (Å²) in [5, 5.41) is 10.4. The first-order chi connectivity index (χ1) is 14.2. The van der Waals surface area contributed by atoms with Crippen LogP contribution < -0.4 is 43.9 Å². The molecule has 1 unspecified atom stereocenters. The summed E-state index contributed by atoms with van der Waals surface area (Å²) in [6.45, 7) is 5.24. The summed E-state index contributed by atoms with van der Waals surface area (Å²) in [6, 6.07) is 13.9. The van der Waals surface area contributed by atoms with Gasteiger partial charge in [-0.3, -0.25) is 4.90 Å². The molecule has 2 aliphatic rings. The molecule has 1 fully saturated rings. The highest BCUT2D eigenvalue weighted by atomic mass is 35.5. The summed E-state index contributed by atoms with van der Waals surface area (Å²) in [6.07, 6.45) is -0.512. The number of rotatable bonds is 8. The van der Waals surface area contributed by atoms with E-state index in [1.807, 2.05) is 36.4 Å². The van der Waals surface area contributed by atoms with Crippen molar-refractivity contribution in [2.45, 2.75) is 12.7 Å². The van der Waals surface area contributed by atoms with Crippen LogP contribution in [0.15, 0.2) is 42.5 Å². The summed E-state index contributed by atoms with van der Waals surface area (Å²) in [5.74, 6) is 2.42. The minimum atomic E-state index is -0.512. The van der Waals surface area contributed by atoms with Crippen LogP contribution in [0.25, 0.3) is 0 Å². The highest BCUT2D eigenvalue weighted by Gasteiger charge is 2.21. The summed E-state index contributed by atoms with van der Waals surface area (Å²) in [7, 11) is 1.70. The van der Waals surface area contributed by atoms with E-state index < -0.39 is 6.10 Å². The van der Waals surface area contributed by atoms with Crippen molar-refractivity contribution in [3.05, 3.63) is 48.0 Å². The molecule has 2 aromatic rings. The largest absolute Gasteiger partial charge is 1.00 e. The minimum Gasteiger partial charge on any atom is -1.00 e. The van der Waals surface area contributed by atoms with E-state index in [0.717, 1.165) is 54.7 Å². The predicted molar refractivity (Wildman–Crippen MR) is 110 cm³/mol. The van der Waals surface area contributed by atoms with Gasteiger partial charge in [-0.2, -0.15) is 0 Å². The molecule has 2 aliphatic heterocycles. The van der Waals surface area contributed by atoms with Gasteiger partial charge >= 0.3 is 0 Å². The molecule has 2 heterocycles. The number of benzene rings is 2. The maximum absolute atomic E-state index is 10.4. The molecule has 0 amide bonds. The Labute approximate surface area is 195 Å². The zero-order chi connectivity index (χ0) is 20.1. The van der Waals surface area contributed by atoms with Gasteiger partial charge in [0.25, 0.3) is 0 Å². The Hall–Kier alpha value is -1.90. The summed E-state index contributed by atoms with van der Waals surface area (Å²) < 4.78 is 21.9. The number of nitrogens with zero attached hydrogens (tertiary/aromatic N) is 2. The first-order valence-corrected chi connectivity index (χ1v) is 9.97. The van der Waals surface area contributed by atoms with Crippen molar-refractivity contribution in [3.8, 4) is 17.2 Å². The Morgan fingerprint density at radius 3 is 2.52 bits per heavy atom. The molecule has 0 saturated carbocycles. The zero-order valence-electron chi connectivity index (χ0n) is 17.5. The number of aliphatic hydroxyl groups is 1. The fraction of sp³-hybridized carbons (Fsp3) is 0.455. The number of methoxy groups -OCH3 is 1. The van der Waals surface area contributed by atoms with Crippen molar-refractivity contribution in [3.63, 3.8) is 0 Å². The van der Waals surface area contributed by atoms with Crippen molar-refractivity contribution < 1.29 is 48.9 Å². The fourth-order valence-electron chi connectivity index (χ4n) is 3.76. The molecule has 0 spiro atoms. The molecular weight excluding hydrogens is 443 g/mol. The topological polar surface area (TPSA) is 63.6 Å². The van der Waals surface area contributed by atoms with Crippen molar-refractivity contribution >= 4 is 5.69 Å². The number of halogens is 2. The number of piperazine rings is 1. The maximum atomic E-state index is 10.4. The number of aliphatic hydroxyl groups excluding tert-OH is 1. The summed E-state index contributed by atoms with van der Waals surface area (Å²) in [4.78, 5) is 4.61. The Kier molecular flexibility index (Phi) is 9.99. The van der Waals surface area contributed by atoms with E-state index in [-0.39, 0.29) is 31.6 Å². The summed E-state index contributed by atoms with van der Waals surface area (Å²) >= 11 is 0. The lowest BCUT2D eigenvalue weighted by Gasteiger charge is -2.37. The summed E-state index contributed by atoms with van der Waals surface area (Å²) in [5.41, 5.74) is 2.13.